The molecule has 26 heavy (non-hydrogen) atoms. The van der Waals surface area contributed by atoms with Gasteiger partial charge < -0.3 is 10.2 Å². The number of nitrogens with one attached hydrogen (secondary N) is 2. The summed E-state index contributed by atoms with van der Waals surface area (Å²) in [5, 5.41) is 4.82. The summed E-state index contributed by atoms with van der Waals surface area (Å²) in [5.74, 6) is 0.00536. The first-order chi connectivity index (χ1) is 12.5. The summed E-state index contributed by atoms with van der Waals surface area (Å²) in [6.45, 7) is 6.97. The van der Waals surface area contributed by atoms with Gasteiger partial charge in [0.05, 0.1) is 6.54 Å². The quantitative estimate of drug-likeness (QED) is 0.798. The molecule has 1 saturated heterocycles. The topological polar surface area (TPSA) is 81.8 Å². The Morgan fingerprint density at radius 2 is 1.73 bits per heavy atom. The molecule has 0 spiro atoms. The van der Waals surface area contributed by atoms with Crippen LogP contribution in [0.1, 0.15) is 31.7 Å². The van der Waals surface area contributed by atoms with Crippen LogP contribution in [0.25, 0.3) is 0 Å². The summed E-state index contributed by atoms with van der Waals surface area (Å²) < 4.78 is 0. The number of amides is 4. The van der Waals surface area contributed by atoms with Crippen LogP contribution in [0.4, 0.5) is 4.79 Å². The van der Waals surface area contributed by atoms with Gasteiger partial charge in [0.2, 0.25) is 11.8 Å². The highest BCUT2D eigenvalue weighted by Crippen LogP contribution is 2.20. The molecule has 1 aromatic rings. The van der Waals surface area contributed by atoms with E-state index in [1.54, 1.807) is 6.92 Å². The predicted molar refractivity (Wildman–Crippen MR) is 99.7 cm³/mol. The first-order valence-electron chi connectivity index (χ1n) is 9.12. The second-order valence-corrected chi connectivity index (χ2v) is 6.58. The molecule has 2 N–H and O–H groups in total. The number of carbonyl (C=O) groups excluding carboxylic acids is 3. The van der Waals surface area contributed by atoms with Gasteiger partial charge in [0.15, 0.2) is 0 Å². The Morgan fingerprint density at radius 3 is 2.35 bits per heavy atom. The molecule has 4 amide bonds. The Morgan fingerprint density at radius 1 is 1.08 bits per heavy atom. The highest BCUT2D eigenvalue weighted by atomic mass is 16.2. The Labute approximate surface area is 154 Å². The van der Waals surface area contributed by atoms with Crippen molar-refractivity contribution in [3.63, 3.8) is 0 Å². The summed E-state index contributed by atoms with van der Waals surface area (Å²) in [6.07, 6.45) is 0.488. The van der Waals surface area contributed by atoms with Gasteiger partial charge in [-0.3, -0.25) is 19.8 Å². The van der Waals surface area contributed by atoms with Crippen LogP contribution in [-0.2, 0) is 9.59 Å². The van der Waals surface area contributed by atoms with Crippen molar-refractivity contribution in [3.8, 4) is 0 Å². The van der Waals surface area contributed by atoms with Crippen molar-refractivity contribution in [2.24, 2.45) is 0 Å². The maximum Gasteiger partial charge on any atom is 0.321 e. The van der Waals surface area contributed by atoms with E-state index in [-0.39, 0.29) is 24.3 Å². The molecule has 0 bridgehead atoms. The van der Waals surface area contributed by atoms with Crippen LogP contribution in [0.2, 0.25) is 0 Å². The molecule has 0 aliphatic carbocycles. The lowest BCUT2D eigenvalue weighted by molar-refractivity contribution is -0.133. The normalized spacial score (nSPS) is 16.0. The molecule has 142 valence electrons. The van der Waals surface area contributed by atoms with Gasteiger partial charge in [-0.1, -0.05) is 37.3 Å². The van der Waals surface area contributed by atoms with Crippen LogP contribution in [0, 0.1) is 0 Å². The van der Waals surface area contributed by atoms with Gasteiger partial charge >= 0.3 is 6.03 Å². The van der Waals surface area contributed by atoms with Crippen LogP contribution in [0.5, 0.6) is 0 Å². The van der Waals surface area contributed by atoms with Gasteiger partial charge in [0, 0.05) is 39.1 Å². The van der Waals surface area contributed by atoms with Crippen molar-refractivity contribution < 1.29 is 14.4 Å². The van der Waals surface area contributed by atoms with Gasteiger partial charge in [-0.25, -0.2) is 4.79 Å². The van der Waals surface area contributed by atoms with E-state index in [0.717, 1.165) is 0 Å². The summed E-state index contributed by atoms with van der Waals surface area (Å²) in [4.78, 5) is 39.5. The maximum atomic E-state index is 12.5. The van der Waals surface area contributed by atoms with E-state index in [9.17, 15) is 14.4 Å². The van der Waals surface area contributed by atoms with Gasteiger partial charge in [-0.2, -0.15) is 0 Å². The number of piperazine rings is 1. The molecule has 7 nitrogen and oxygen atoms in total. The molecule has 1 aliphatic rings. The van der Waals surface area contributed by atoms with E-state index in [1.807, 2.05) is 40.1 Å². The molecule has 1 fully saturated rings. The van der Waals surface area contributed by atoms with Crippen molar-refractivity contribution >= 4 is 17.8 Å². The number of hydrogen-bond donors (Lipinski definition) is 2. The minimum absolute atomic E-state index is 0.146. The fraction of sp³-hybridized carbons (Fsp3) is 0.526. The average molecular weight is 360 g/mol. The summed E-state index contributed by atoms with van der Waals surface area (Å²) in [6, 6.07) is 9.56. The smallest absolute Gasteiger partial charge is 0.321 e. The highest BCUT2D eigenvalue weighted by Gasteiger charge is 2.24. The highest BCUT2D eigenvalue weighted by molar-refractivity contribution is 5.95. The van der Waals surface area contributed by atoms with Crippen LogP contribution >= 0.6 is 0 Å². The third-order valence-electron chi connectivity index (χ3n) is 4.53. The Balaban J connectivity index is 1.73. The second kappa shape index (κ2) is 9.91. The summed E-state index contributed by atoms with van der Waals surface area (Å²) in [5.41, 5.74) is 1.17. The van der Waals surface area contributed by atoms with Crippen LogP contribution in [0.3, 0.4) is 0 Å². The zero-order valence-corrected chi connectivity index (χ0v) is 15.5. The molecule has 0 saturated carbocycles. The lowest BCUT2D eigenvalue weighted by atomic mass is 9.97. The first-order valence-corrected chi connectivity index (χ1v) is 9.12. The third-order valence-corrected chi connectivity index (χ3v) is 4.53. The molecular weight excluding hydrogens is 332 g/mol. The number of urea groups is 1. The fourth-order valence-electron chi connectivity index (χ4n) is 3.02. The largest absolute Gasteiger partial charge is 0.340 e. The molecule has 1 aliphatic heterocycles. The number of carbonyl (C=O) groups is 3. The first kappa shape index (κ1) is 19.9. The molecular formula is C19H28N4O3. The van der Waals surface area contributed by atoms with E-state index in [2.05, 4.69) is 17.6 Å². The van der Waals surface area contributed by atoms with Gasteiger partial charge in [-0.15, -0.1) is 0 Å². The van der Waals surface area contributed by atoms with Crippen LogP contribution < -0.4 is 10.6 Å². The van der Waals surface area contributed by atoms with Gasteiger partial charge in [0.25, 0.3) is 0 Å². The summed E-state index contributed by atoms with van der Waals surface area (Å²) in [7, 11) is 0. The zero-order valence-electron chi connectivity index (χ0n) is 15.5. The maximum absolute atomic E-state index is 12.5. The number of imide groups is 1. The number of rotatable bonds is 6. The van der Waals surface area contributed by atoms with Crippen molar-refractivity contribution in [3.05, 3.63) is 35.9 Å². The average Bonchev–Trinajstić information content (AvgIpc) is 2.63. The molecule has 0 aromatic heterocycles. The lowest BCUT2D eigenvalue weighted by Crippen LogP contribution is -2.52. The molecule has 2 rings (SSSR count). The number of benzene rings is 1. The Bertz CT molecular complexity index is 612. The minimum atomic E-state index is -0.471. The van der Waals surface area contributed by atoms with E-state index in [1.165, 1.54) is 5.56 Å². The molecule has 0 radical (unpaired) electrons. The fourth-order valence-corrected chi connectivity index (χ4v) is 3.02. The molecule has 0 unspecified atom stereocenters. The Kier molecular flexibility index (Phi) is 7.59. The standard InChI is InChI=1S/C19H28N4O3/c1-3-20-19(26)21-17(24)14-22-9-11-23(12-10-22)18(25)13-15(2)16-7-5-4-6-8-16/h4-8,15H,3,9-14H2,1-2H3,(H2,20,21,24,26)/t15-/m0/s1. The van der Waals surface area contributed by atoms with E-state index >= 15 is 0 Å². The zero-order chi connectivity index (χ0) is 18.9. The lowest BCUT2D eigenvalue weighted by Gasteiger charge is -2.34. The number of hydrogen-bond acceptors (Lipinski definition) is 4. The van der Waals surface area contributed by atoms with Crippen molar-refractivity contribution in [1.29, 1.82) is 0 Å². The minimum Gasteiger partial charge on any atom is -0.340 e. The monoisotopic (exact) mass is 360 g/mol. The van der Waals surface area contributed by atoms with Crippen molar-refractivity contribution in [2.45, 2.75) is 26.2 Å². The van der Waals surface area contributed by atoms with Crippen LogP contribution in [0.15, 0.2) is 30.3 Å². The molecule has 1 atom stereocenters. The third kappa shape index (κ3) is 6.15. The van der Waals surface area contributed by atoms with Gasteiger partial charge in [0.1, 0.15) is 0 Å². The molecule has 1 heterocycles. The van der Waals surface area contributed by atoms with Crippen molar-refractivity contribution in [2.75, 3.05) is 39.3 Å². The Hall–Kier alpha value is -2.41. The van der Waals surface area contributed by atoms with E-state index in [4.69, 9.17) is 0 Å². The van der Waals surface area contributed by atoms with E-state index in [0.29, 0.717) is 39.1 Å². The van der Waals surface area contributed by atoms with E-state index < -0.39 is 6.03 Å². The summed E-state index contributed by atoms with van der Waals surface area (Å²) >= 11 is 0. The SMILES string of the molecule is CCNC(=O)NC(=O)CN1CCN(C(=O)C[C@H](C)c2ccccc2)CC1. The van der Waals surface area contributed by atoms with Crippen molar-refractivity contribution in [1.82, 2.24) is 20.4 Å². The van der Waals surface area contributed by atoms with Gasteiger partial charge in [-0.05, 0) is 18.4 Å². The van der Waals surface area contributed by atoms with Crippen LogP contribution in [-0.4, -0.2) is 66.9 Å². The molecule has 1 aromatic carbocycles. The second-order valence-electron chi connectivity index (χ2n) is 6.58. The molecule has 7 heteroatoms. The number of nitrogens with zero attached hydrogens (tertiary/aromatic N) is 2. The predicted octanol–water partition coefficient (Wildman–Crippen LogP) is 1.17.